The van der Waals surface area contributed by atoms with E-state index in [1.54, 1.807) is 12.4 Å². The molecule has 0 amide bonds. The van der Waals surface area contributed by atoms with Gasteiger partial charge in [0.15, 0.2) is 0 Å². The summed E-state index contributed by atoms with van der Waals surface area (Å²) in [6, 6.07) is 10.7. The van der Waals surface area contributed by atoms with Gasteiger partial charge in [-0.25, -0.2) is 0 Å². The molecule has 24 heavy (non-hydrogen) atoms. The molecule has 0 spiro atoms. The van der Waals surface area contributed by atoms with Gasteiger partial charge >= 0.3 is 5.97 Å². The molecule has 128 valence electrons. The lowest BCUT2D eigenvalue weighted by Crippen LogP contribution is -2.38. The van der Waals surface area contributed by atoms with Crippen molar-refractivity contribution in [1.29, 1.82) is 0 Å². The van der Waals surface area contributed by atoms with Crippen LogP contribution in [0.25, 0.3) is 0 Å². The largest absolute Gasteiger partial charge is 0.489 e. The van der Waals surface area contributed by atoms with Gasteiger partial charge in [0.05, 0.1) is 0 Å². The van der Waals surface area contributed by atoms with E-state index in [0.29, 0.717) is 13.0 Å². The Morgan fingerprint density at radius 1 is 1.17 bits per heavy atom. The van der Waals surface area contributed by atoms with E-state index in [-0.39, 0.29) is 5.97 Å². The Kier molecular flexibility index (Phi) is 5.93. The zero-order chi connectivity index (χ0) is 17.6. The Morgan fingerprint density at radius 3 is 2.46 bits per heavy atom. The molecule has 1 aromatic carbocycles. The van der Waals surface area contributed by atoms with E-state index < -0.39 is 11.6 Å². The Labute approximate surface area is 142 Å². The summed E-state index contributed by atoms with van der Waals surface area (Å²) in [5, 5.41) is 0. The van der Waals surface area contributed by atoms with Crippen LogP contribution in [-0.2, 0) is 22.6 Å². The van der Waals surface area contributed by atoms with Gasteiger partial charge in [-0.3, -0.25) is 9.78 Å². The first-order valence-electron chi connectivity index (χ1n) is 7.92. The third-order valence-electron chi connectivity index (χ3n) is 3.22. The van der Waals surface area contributed by atoms with E-state index in [1.807, 2.05) is 57.2 Å². The molecule has 0 aliphatic carbocycles. The van der Waals surface area contributed by atoms with Crippen molar-refractivity contribution < 1.29 is 14.3 Å². The molecule has 5 heteroatoms. The van der Waals surface area contributed by atoms with Crippen LogP contribution in [0.1, 0.15) is 31.9 Å². The molecule has 0 radical (unpaired) electrons. The third kappa shape index (κ3) is 6.01. The van der Waals surface area contributed by atoms with Gasteiger partial charge in [0, 0.05) is 18.0 Å². The minimum atomic E-state index is -0.675. The lowest BCUT2D eigenvalue weighted by molar-refractivity contribution is -0.156. The molecule has 1 aromatic heterocycles. The maximum atomic E-state index is 11.9. The molecule has 0 saturated carbocycles. The van der Waals surface area contributed by atoms with E-state index in [1.165, 1.54) is 0 Å². The van der Waals surface area contributed by atoms with Crippen molar-refractivity contribution in [2.75, 3.05) is 0 Å². The quantitative estimate of drug-likeness (QED) is 0.825. The van der Waals surface area contributed by atoms with Gasteiger partial charge < -0.3 is 15.2 Å². The summed E-state index contributed by atoms with van der Waals surface area (Å²) in [5.41, 5.74) is 7.36. The fourth-order valence-corrected chi connectivity index (χ4v) is 2.09. The molecule has 1 heterocycles. The van der Waals surface area contributed by atoms with Crippen LogP contribution < -0.4 is 10.5 Å². The maximum absolute atomic E-state index is 11.9. The minimum absolute atomic E-state index is 0.389. The number of carbonyl (C=O) groups excluding carboxylic acids is 1. The number of hydrogen-bond donors (Lipinski definition) is 1. The zero-order valence-electron chi connectivity index (χ0n) is 14.4. The smallest absolute Gasteiger partial charge is 0.323 e. The van der Waals surface area contributed by atoms with Crippen molar-refractivity contribution >= 4 is 5.97 Å². The van der Waals surface area contributed by atoms with Crippen molar-refractivity contribution in [1.82, 2.24) is 4.98 Å². The molecule has 0 unspecified atom stereocenters. The summed E-state index contributed by atoms with van der Waals surface area (Å²) in [6.07, 6.45) is 3.93. The predicted octanol–water partition coefficient (Wildman–Crippen LogP) is 2.87. The molecule has 2 N–H and O–H groups in total. The second-order valence-electron chi connectivity index (χ2n) is 6.64. The van der Waals surface area contributed by atoms with Gasteiger partial charge in [0.25, 0.3) is 0 Å². The molecular formula is C19H24N2O3. The van der Waals surface area contributed by atoms with Crippen molar-refractivity contribution in [3.8, 4) is 5.75 Å². The number of nitrogens with two attached hydrogens (primary N) is 1. The Balaban J connectivity index is 1.86. The summed E-state index contributed by atoms with van der Waals surface area (Å²) in [5.74, 6) is 0.368. The van der Waals surface area contributed by atoms with Gasteiger partial charge in [0.1, 0.15) is 24.0 Å². The van der Waals surface area contributed by atoms with Gasteiger partial charge in [-0.15, -0.1) is 0 Å². The summed E-state index contributed by atoms with van der Waals surface area (Å²) in [4.78, 5) is 16.0. The van der Waals surface area contributed by atoms with E-state index in [0.717, 1.165) is 16.9 Å². The van der Waals surface area contributed by atoms with E-state index >= 15 is 0 Å². The lowest BCUT2D eigenvalue weighted by atomic mass is 10.1. The van der Waals surface area contributed by atoms with Crippen LogP contribution in [-0.4, -0.2) is 22.6 Å². The summed E-state index contributed by atoms with van der Waals surface area (Å²) >= 11 is 0. The number of benzene rings is 1. The van der Waals surface area contributed by atoms with Gasteiger partial charge in [-0.1, -0.05) is 18.2 Å². The summed E-state index contributed by atoms with van der Waals surface area (Å²) < 4.78 is 11.0. The summed E-state index contributed by atoms with van der Waals surface area (Å²) in [6.45, 7) is 5.94. The maximum Gasteiger partial charge on any atom is 0.323 e. The monoisotopic (exact) mass is 328 g/mol. The number of ether oxygens (including phenoxy) is 2. The average molecular weight is 328 g/mol. The molecular weight excluding hydrogens is 304 g/mol. The first-order valence-corrected chi connectivity index (χ1v) is 7.92. The third-order valence-corrected chi connectivity index (χ3v) is 3.22. The number of rotatable bonds is 6. The average Bonchev–Trinajstić information content (AvgIpc) is 2.53. The van der Waals surface area contributed by atoms with E-state index in [4.69, 9.17) is 15.2 Å². The fourth-order valence-electron chi connectivity index (χ4n) is 2.09. The Morgan fingerprint density at radius 2 is 1.88 bits per heavy atom. The van der Waals surface area contributed by atoms with Crippen LogP contribution in [0.15, 0.2) is 48.8 Å². The highest BCUT2D eigenvalue weighted by Gasteiger charge is 2.22. The van der Waals surface area contributed by atoms with Gasteiger partial charge in [-0.05, 0) is 51.0 Å². The molecule has 0 aliphatic rings. The van der Waals surface area contributed by atoms with Crippen LogP contribution in [0.4, 0.5) is 0 Å². The molecule has 1 atom stereocenters. The first-order chi connectivity index (χ1) is 11.3. The second-order valence-corrected chi connectivity index (χ2v) is 6.64. The number of hydrogen-bond acceptors (Lipinski definition) is 5. The predicted molar refractivity (Wildman–Crippen MR) is 92.5 cm³/mol. The van der Waals surface area contributed by atoms with E-state index in [2.05, 4.69) is 4.98 Å². The number of esters is 1. The SMILES string of the molecule is CC(C)(C)OC(=O)[C@@H](N)Cc1ccc(OCc2cccnc2)cc1. The fraction of sp³-hybridized carbons (Fsp3) is 0.368. The van der Waals surface area contributed by atoms with Crippen LogP contribution in [0.2, 0.25) is 0 Å². The Hall–Kier alpha value is -2.40. The standard InChI is InChI=1S/C19H24N2O3/c1-19(2,3)24-18(22)17(20)11-14-6-8-16(9-7-14)23-13-15-5-4-10-21-12-15/h4-10,12,17H,11,13,20H2,1-3H3/t17-/m0/s1. The number of pyridine rings is 1. The Bertz CT molecular complexity index is 649. The van der Waals surface area contributed by atoms with Crippen molar-refractivity contribution in [3.05, 3.63) is 59.9 Å². The highest BCUT2D eigenvalue weighted by Crippen LogP contribution is 2.16. The molecule has 0 bridgehead atoms. The van der Waals surface area contributed by atoms with Crippen molar-refractivity contribution in [3.63, 3.8) is 0 Å². The minimum Gasteiger partial charge on any atom is -0.489 e. The van der Waals surface area contributed by atoms with Crippen molar-refractivity contribution in [2.45, 2.75) is 45.4 Å². The van der Waals surface area contributed by atoms with Crippen molar-refractivity contribution in [2.24, 2.45) is 5.73 Å². The molecule has 5 nitrogen and oxygen atoms in total. The normalized spacial score (nSPS) is 12.5. The highest BCUT2D eigenvalue weighted by molar-refractivity contribution is 5.76. The molecule has 2 rings (SSSR count). The van der Waals surface area contributed by atoms with E-state index in [9.17, 15) is 4.79 Å². The summed E-state index contributed by atoms with van der Waals surface area (Å²) in [7, 11) is 0. The van der Waals surface area contributed by atoms with Crippen LogP contribution in [0.3, 0.4) is 0 Å². The molecule has 2 aromatic rings. The lowest BCUT2D eigenvalue weighted by Gasteiger charge is -2.22. The second kappa shape index (κ2) is 7.93. The van der Waals surface area contributed by atoms with Crippen LogP contribution in [0, 0.1) is 0 Å². The van der Waals surface area contributed by atoms with Crippen LogP contribution in [0.5, 0.6) is 5.75 Å². The number of carbonyl (C=O) groups is 1. The topological polar surface area (TPSA) is 74.4 Å². The number of aromatic nitrogens is 1. The first kappa shape index (κ1) is 17.9. The molecule has 0 fully saturated rings. The van der Waals surface area contributed by atoms with Gasteiger partial charge in [-0.2, -0.15) is 0 Å². The molecule has 0 saturated heterocycles. The van der Waals surface area contributed by atoms with Gasteiger partial charge in [0.2, 0.25) is 0 Å². The zero-order valence-corrected chi connectivity index (χ0v) is 14.4. The number of nitrogens with zero attached hydrogens (tertiary/aromatic N) is 1. The molecule has 0 aliphatic heterocycles. The highest BCUT2D eigenvalue weighted by atomic mass is 16.6. The van der Waals surface area contributed by atoms with Crippen LogP contribution >= 0.6 is 0 Å².